The fourth-order valence-corrected chi connectivity index (χ4v) is 2.46. The summed E-state index contributed by atoms with van der Waals surface area (Å²) in [6.07, 6.45) is 0.121. The van der Waals surface area contributed by atoms with Gasteiger partial charge in [-0.1, -0.05) is 0 Å². The van der Waals surface area contributed by atoms with Gasteiger partial charge in [0.1, 0.15) is 0 Å². The molecule has 0 heterocycles. The average molecular weight is 286 g/mol. The minimum atomic E-state index is -3.35. The van der Waals surface area contributed by atoms with Gasteiger partial charge < -0.3 is 10.1 Å². The van der Waals surface area contributed by atoms with Gasteiger partial charge in [0.2, 0.25) is 10.0 Å². The summed E-state index contributed by atoms with van der Waals surface area (Å²) in [5.74, 6) is 0. The van der Waals surface area contributed by atoms with Gasteiger partial charge in [-0.2, -0.15) is 0 Å². The number of ether oxygens (including phenoxy) is 1. The van der Waals surface area contributed by atoms with E-state index in [2.05, 4.69) is 5.32 Å². The highest BCUT2D eigenvalue weighted by Crippen LogP contribution is 2.16. The molecule has 0 aromatic heterocycles. The quantitative estimate of drug-likeness (QED) is 0.830. The fourth-order valence-electron chi connectivity index (χ4n) is 1.56. The van der Waals surface area contributed by atoms with E-state index in [-0.39, 0.29) is 6.10 Å². The third-order valence-electron chi connectivity index (χ3n) is 2.68. The first kappa shape index (κ1) is 15.9. The molecule has 0 saturated heterocycles. The van der Waals surface area contributed by atoms with Crippen molar-refractivity contribution in [3.8, 4) is 0 Å². The van der Waals surface area contributed by atoms with Crippen LogP contribution >= 0.6 is 0 Å². The Morgan fingerprint density at radius 1 is 1.26 bits per heavy atom. The number of anilines is 1. The van der Waals surface area contributed by atoms with Gasteiger partial charge in [0.15, 0.2) is 0 Å². The van der Waals surface area contributed by atoms with E-state index >= 15 is 0 Å². The molecule has 0 fully saturated rings. The van der Waals surface area contributed by atoms with E-state index in [0.29, 0.717) is 18.0 Å². The lowest BCUT2D eigenvalue weighted by atomic mass is 10.3. The Labute approximate surface area is 115 Å². The van der Waals surface area contributed by atoms with Gasteiger partial charge in [-0.3, -0.25) is 0 Å². The van der Waals surface area contributed by atoms with E-state index < -0.39 is 10.0 Å². The summed E-state index contributed by atoms with van der Waals surface area (Å²) in [6, 6.07) is 6.72. The molecular weight excluding hydrogens is 264 g/mol. The highest BCUT2D eigenvalue weighted by molar-refractivity contribution is 7.89. The predicted octanol–water partition coefficient (Wildman–Crippen LogP) is 1.77. The molecule has 0 saturated carbocycles. The molecule has 1 unspecified atom stereocenters. The minimum Gasteiger partial charge on any atom is -0.382 e. The third kappa shape index (κ3) is 4.49. The second-order valence-electron chi connectivity index (χ2n) is 4.46. The smallest absolute Gasteiger partial charge is 0.242 e. The van der Waals surface area contributed by atoms with Crippen molar-refractivity contribution in [1.29, 1.82) is 0 Å². The lowest BCUT2D eigenvalue weighted by Gasteiger charge is -2.14. The molecule has 1 aromatic rings. The molecule has 0 amide bonds. The van der Waals surface area contributed by atoms with Crippen LogP contribution in [0.5, 0.6) is 0 Å². The van der Waals surface area contributed by atoms with Crippen LogP contribution in [0, 0.1) is 0 Å². The largest absolute Gasteiger partial charge is 0.382 e. The van der Waals surface area contributed by atoms with Gasteiger partial charge in [-0.05, 0) is 38.1 Å². The van der Waals surface area contributed by atoms with E-state index in [1.807, 2.05) is 13.8 Å². The molecule has 0 radical (unpaired) electrons. The zero-order valence-electron chi connectivity index (χ0n) is 11.9. The average Bonchev–Trinajstić information content (AvgIpc) is 2.37. The van der Waals surface area contributed by atoms with Crippen LogP contribution in [-0.2, 0) is 14.8 Å². The normalized spacial score (nSPS) is 13.5. The van der Waals surface area contributed by atoms with Crippen LogP contribution in [0.15, 0.2) is 29.2 Å². The van der Waals surface area contributed by atoms with Crippen molar-refractivity contribution in [1.82, 2.24) is 4.31 Å². The first-order chi connectivity index (χ1) is 8.87. The number of nitrogens with zero attached hydrogens (tertiary/aromatic N) is 1. The summed E-state index contributed by atoms with van der Waals surface area (Å²) in [5, 5.41) is 3.20. The number of rotatable bonds is 7. The van der Waals surface area contributed by atoms with Crippen LogP contribution in [-0.4, -0.2) is 46.1 Å². The molecule has 19 heavy (non-hydrogen) atoms. The number of hydrogen-bond acceptors (Lipinski definition) is 4. The fraction of sp³-hybridized carbons (Fsp3) is 0.538. The third-order valence-corrected chi connectivity index (χ3v) is 4.51. The van der Waals surface area contributed by atoms with E-state index in [4.69, 9.17) is 4.74 Å². The van der Waals surface area contributed by atoms with Gasteiger partial charge in [-0.25, -0.2) is 12.7 Å². The van der Waals surface area contributed by atoms with Crippen LogP contribution in [0.25, 0.3) is 0 Å². The molecule has 0 spiro atoms. The van der Waals surface area contributed by atoms with Crippen molar-refractivity contribution in [2.45, 2.75) is 24.8 Å². The first-order valence-electron chi connectivity index (χ1n) is 6.26. The Hall–Kier alpha value is -1.11. The number of nitrogens with one attached hydrogen (secondary N) is 1. The van der Waals surface area contributed by atoms with E-state index in [1.165, 1.54) is 18.4 Å². The first-order valence-corrected chi connectivity index (χ1v) is 7.70. The zero-order chi connectivity index (χ0) is 14.5. The molecule has 5 nitrogen and oxygen atoms in total. The standard InChI is InChI=1S/C13H22N2O3S/c1-5-18-11(2)10-14-12-6-8-13(9-7-12)19(16,17)15(3)4/h6-9,11,14H,5,10H2,1-4H3. The summed E-state index contributed by atoms with van der Waals surface area (Å²) in [6.45, 7) is 5.31. The Morgan fingerprint density at radius 3 is 2.32 bits per heavy atom. The van der Waals surface area contributed by atoms with Crippen LogP contribution in [0.3, 0.4) is 0 Å². The second kappa shape index (κ2) is 6.88. The highest BCUT2D eigenvalue weighted by atomic mass is 32.2. The van der Waals surface area contributed by atoms with Crippen LogP contribution in [0.2, 0.25) is 0 Å². The summed E-state index contributed by atoms with van der Waals surface area (Å²) in [4.78, 5) is 0.293. The number of sulfonamides is 1. The molecule has 6 heteroatoms. The molecule has 0 bridgehead atoms. The lowest BCUT2D eigenvalue weighted by Crippen LogP contribution is -2.22. The van der Waals surface area contributed by atoms with Crippen LogP contribution in [0.1, 0.15) is 13.8 Å². The predicted molar refractivity (Wildman–Crippen MR) is 76.9 cm³/mol. The topological polar surface area (TPSA) is 58.6 Å². The number of benzene rings is 1. The molecule has 1 N–H and O–H groups in total. The van der Waals surface area contributed by atoms with Crippen molar-refractivity contribution in [3.63, 3.8) is 0 Å². The summed E-state index contributed by atoms with van der Waals surface area (Å²) < 4.78 is 30.4. The maximum absolute atomic E-state index is 11.9. The zero-order valence-corrected chi connectivity index (χ0v) is 12.7. The van der Waals surface area contributed by atoms with E-state index in [9.17, 15) is 8.42 Å². The second-order valence-corrected chi connectivity index (χ2v) is 6.61. The number of hydrogen-bond donors (Lipinski definition) is 1. The Morgan fingerprint density at radius 2 is 1.84 bits per heavy atom. The molecular formula is C13H22N2O3S. The molecule has 1 aromatic carbocycles. The van der Waals surface area contributed by atoms with Crippen molar-refractivity contribution in [2.24, 2.45) is 0 Å². The Kier molecular flexibility index (Phi) is 5.78. The summed E-state index contributed by atoms with van der Waals surface area (Å²) >= 11 is 0. The Balaban J connectivity index is 2.67. The van der Waals surface area contributed by atoms with E-state index in [0.717, 1.165) is 5.69 Å². The lowest BCUT2D eigenvalue weighted by molar-refractivity contribution is 0.0855. The summed E-state index contributed by atoms with van der Waals surface area (Å²) in [5.41, 5.74) is 0.879. The highest BCUT2D eigenvalue weighted by Gasteiger charge is 2.16. The van der Waals surface area contributed by atoms with Crippen molar-refractivity contribution < 1.29 is 13.2 Å². The van der Waals surface area contributed by atoms with Crippen molar-refractivity contribution >= 4 is 15.7 Å². The molecule has 1 rings (SSSR count). The van der Waals surface area contributed by atoms with Gasteiger partial charge in [0, 0.05) is 32.9 Å². The maximum atomic E-state index is 11.9. The van der Waals surface area contributed by atoms with Gasteiger partial charge in [-0.15, -0.1) is 0 Å². The van der Waals surface area contributed by atoms with Crippen LogP contribution < -0.4 is 5.32 Å². The molecule has 0 aliphatic heterocycles. The molecule has 1 atom stereocenters. The maximum Gasteiger partial charge on any atom is 0.242 e. The molecule has 0 aliphatic carbocycles. The molecule has 108 valence electrons. The van der Waals surface area contributed by atoms with Gasteiger partial charge >= 0.3 is 0 Å². The van der Waals surface area contributed by atoms with E-state index in [1.54, 1.807) is 24.3 Å². The van der Waals surface area contributed by atoms with Crippen LogP contribution in [0.4, 0.5) is 5.69 Å². The monoisotopic (exact) mass is 286 g/mol. The van der Waals surface area contributed by atoms with Gasteiger partial charge in [0.05, 0.1) is 11.0 Å². The Bertz CT molecular complexity index is 483. The summed E-state index contributed by atoms with van der Waals surface area (Å²) in [7, 11) is -0.314. The van der Waals surface area contributed by atoms with Crippen molar-refractivity contribution in [2.75, 3.05) is 32.6 Å². The van der Waals surface area contributed by atoms with Crippen molar-refractivity contribution in [3.05, 3.63) is 24.3 Å². The molecule has 0 aliphatic rings. The van der Waals surface area contributed by atoms with Gasteiger partial charge in [0.25, 0.3) is 0 Å². The minimum absolute atomic E-state index is 0.121. The SMILES string of the molecule is CCOC(C)CNc1ccc(S(=O)(=O)N(C)C)cc1.